The first-order valence-electron chi connectivity index (χ1n) is 5.76. The fourth-order valence-electron chi connectivity index (χ4n) is 1.92. The second-order valence-electron chi connectivity index (χ2n) is 4.19. The van der Waals surface area contributed by atoms with Crippen LogP contribution in [-0.2, 0) is 6.42 Å². The van der Waals surface area contributed by atoms with Crippen molar-refractivity contribution in [2.24, 2.45) is 5.84 Å². The number of halogens is 3. The van der Waals surface area contributed by atoms with Crippen molar-refractivity contribution in [3.63, 3.8) is 0 Å². The predicted molar refractivity (Wildman–Crippen MR) is 84.4 cm³/mol. The summed E-state index contributed by atoms with van der Waals surface area (Å²) in [4.78, 5) is 0. The van der Waals surface area contributed by atoms with Crippen LogP contribution in [0.3, 0.4) is 0 Å². The monoisotopic (exact) mass is 358 g/mol. The van der Waals surface area contributed by atoms with E-state index in [9.17, 15) is 0 Å². The van der Waals surface area contributed by atoms with Crippen LogP contribution in [0.15, 0.2) is 46.9 Å². The Morgan fingerprint density at radius 3 is 2.58 bits per heavy atom. The molecule has 0 aliphatic rings. The lowest BCUT2D eigenvalue weighted by atomic mass is 9.99. The molecule has 2 aromatic carbocycles. The van der Waals surface area contributed by atoms with Crippen molar-refractivity contribution in [2.45, 2.75) is 12.5 Å². The van der Waals surface area contributed by atoms with Gasteiger partial charge in [0.15, 0.2) is 0 Å². The van der Waals surface area contributed by atoms with E-state index >= 15 is 0 Å². The Morgan fingerprint density at radius 1 is 1.16 bits per heavy atom. The van der Waals surface area contributed by atoms with Crippen LogP contribution >= 0.6 is 39.1 Å². The minimum Gasteiger partial charge on any atom is -0.271 e. The Kier molecular flexibility index (Phi) is 5.25. The van der Waals surface area contributed by atoms with Gasteiger partial charge in [0, 0.05) is 4.47 Å². The second kappa shape index (κ2) is 6.73. The quantitative estimate of drug-likeness (QED) is 0.622. The standard InChI is InChI=1S/C14H13BrCl2N2/c15-11-5-1-3-9(7-11)13(19-18)8-10-4-2-6-12(16)14(10)17/h1-7,13,19H,8,18H2. The summed E-state index contributed by atoms with van der Waals surface area (Å²) >= 11 is 15.7. The van der Waals surface area contributed by atoms with Crippen molar-refractivity contribution < 1.29 is 0 Å². The van der Waals surface area contributed by atoms with Crippen LogP contribution in [0.5, 0.6) is 0 Å². The van der Waals surface area contributed by atoms with Crippen LogP contribution in [0, 0.1) is 0 Å². The number of nitrogens with two attached hydrogens (primary N) is 1. The molecule has 1 atom stereocenters. The van der Waals surface area contributed by atoms with Crippen LogP contribution in [0.25, 0.3) is 0 Å². The molecule has 0 heterocycles. The van der Waals surface area contributed by atoms with Gasteiger partial charge in [-0.15, -0.1) is 0 Å². The molecule has 2 nitrogen and oxygen atoms in total. The Labute approximate surface area is 131 Å². The van der Waals surface area contributed by atoms with Crippen LogP contribution in [-0.4, -0.2) is 0 Å². The molecule has 19 heavy (non-hydrogen) atoms. The van der Waals surface area contributed by atoms with Gasteiger partial charge in [-0.3, -0.25) is 11.3 Å². The number of rotatable bonds is 4. The lowest BCUT2D eigenvalue weighted by Crippen LogP contribution is -2.29. The first-order valence-corrected chi connectivity index (χ1v) is 7.31. The van der Waals surface area contributed by atoms with Crippen molar-refractivity contribution in [2.75, 3.05) is 0 Å². The van der Waals surface area contributed by atoms with E-state index < -0.39 is 0 Å². The molecular weight excluding hydrogens is 347 g/mol. The normalized spacial score (nSPS) is 12.4. The van der Waals surface area contributed by atoms with Crippen LogP contribution < -0.4 is 11.3 Å². The largest absolute Gasteiger partial charge is 0.271 e. The van der Waals surface area contributed by atoms with E-state index in [0.717, 1.165) is 15.6 Å². The van der Waals surface area contributed by atoms with Gasteiger partial charge in [0.2, 0.25) is 0 Å². The van der Waals surface area contributed by atoms with Crippen molar-refractivity contribution in [1.29, 1.82) is 0 Å². The molecule has 2 rings (SSSR count). The molecule has 0 saturated carbocycles. The molecule has 2 aromatic rings. The van der Waals surface area contributed by atoms with E-state index in [1.54, 1.807) is 6.07 Å². The smallest absolute Gasteiger partial charge is 0.0624 e. The highest BCUT2D eigenvalue weighted by atomic mass is 79.9. The van der Waals surface area contributed by atoms with E-state index in [4.69, 9.17) is 29.0 Å². The highest BCUT2D eigenvalue weighted by Gasteiger charge is 2.14. The molecule has 100 valence electrons. The Morgan fingerprint density at radius 2 is 1.89 bits per heavy atom. The lowest BCUT2D eigenvalue weighted by molar-refractivity contribution is 0.552. The molecule has 0 radical (unpaired) electrons. The summed E-state index contributed by atoms with van der Waals surface area (Å²) in [7, 11) is 0. The van der Waals surface area contributed by atoms with Crippen molar-refractivity contribution in [3.8, 4) is 0 Å². The maximum absolute atomic E-state index is 6.20. The number of nitrogens with one attached hydrogen (secondary N) is 1. The third kappa shape index (κ3) is 3.71. The third-order valence-corrected chi connectivity index (χ3v) is 4.26. The number of benzene rings is 2. The minimum atomic E-state index is -0.0199. The molecule has 0 aliphatic heterocycles. The maximum Gasteiger partial charge on any atom is 0.0624 e. The molecule has 1 unspecified atom stereocenters. The van der Waals surface area contributed by atoms with Crippen molar-refractivity contribution in [3.05, 3.63) is 68.1 Å². The van der Waals surface area contributed by atoms with Crippen molar-refractivity contribution in [1.82, 2.24) is 5.43 Å². The lowest BCUT2D eigenvalue weighted by Gasteiger charge is -2.17. The van der Waals surface area contributed by atoms with E-state index in [2.05, 4.69) is 21.4 Å². The Bertz CT molecular complexity index is 575. The van der Waals surface area contributed by atoms with Gasteiger partial charge >= 0.3 is 0 Å². The Balaban J connectivity index is 2.26. The SMILES string of the molecule is NNC(Cc1cccc(Cl)c1Cl)c1cccc(Br)c1. The zero-order valence-corrected chi connectivity index (χ0v) is 13.1. The number of hydrogen-bond acceptors (Lipinski definition) is 2. The zero-order chi connectivity index (χ0) is 13.8. The average Bonchev–Trinajstić information content (AvgIpc) is 2.40. The molecule has 0 aromatic heterocycles. The molecule has 0 amide bonds. The summed E-state index contributed by atoms with van der Waals surface area (Å²) in [6.07, 6.45) is 0.673. The van der Waals surface area contributed by atoms with Gasteiger partial charge in [-0.1, -0.05) is 63.4 Å². The highest BCUT2D eigenvalue weighted by Crippen LogP contribution is 2.29. The van der Waals surface area contributed by atoms with Crippen molar-refractivity contribution >= 4 is 39.1 Å². The molecule has 0 aliphatic carbocycles. The first-order chi connectivity index (χ1) is 9.11. The highest BCUT2D eigenvalue weighted by molar-refractivity contribution is 9.10. The van der Waals surface area contributed by atoms with Gasteiger partial charge in [0.1, 0.15) is 0 Å². The van der Waals surface area contributed by atoms with Gasteiger partial charge in [0.05, 0.1) is 16.1 Å². The number of hydrogen-bond donors (Lipinski definition) is 2. The maximum atomic E-state index is 6.20. The summed E-state index contributed by atoms with van der Waals surface area (Å²) in [5.74, 6) is 5.65. The summed E-state index contributed by atoms with van der Waals surface area (Å²) in [6.45, 7) is 0. The van der Waals surface area contributed by atoms with Gasteiger partial charge in [-0.25, -0.2) is 0 Å². The summed E-state index contributed by atoms with van der Waals surface area (Å²) in [5, 5.41) is 1.14. The van der Waals surface area contributed by atoms with Crippen LogP contribution in [0.2, 0.25) is 10.0 Å². The second-order valence-corrected chi connectivity index (χ2v) is 5.89. The first kappa shape index (κ1) is 14.8. The van der Waals surface area contributed by atoms with Gasteiger partial charge in [-0.05, 0) is 35.7 Å². The zero-order valence-electron chi connectivity index (χ0n) is 10.0. The molecule has 0 bridgehead atoms. The molecular formula is C14H13BrCl2N2. The molecule has 3 N–H and O–H groups in total. The fraction of sp³-hybridized carbons (Fsp3) is 0.143. The molecule has 5 heteroatoms. The van der Waals surface area contributed by atoms with Crippen LogP contribution in [0.1, 0.15) is 17.2 Å². The predicted octanol–water partition coefficient (Wildman–Crippen LogP) is 4.50. The third-order valence-electron chi connectivity index (χ3n) is 2.91. The van der Waals surface area contributed by atoms with E-state index in [1.165, 1.54) is 0 Å². The van der Waals surface area contributed by atoms with Gasteiger partial charge in [0.25, 0.3) is 0 Å². The number of hydrazine groups is 1. The van der Waals surface area contributed by atoms with Gasteiger partial charge in [-0.2, -0.15) is 0 Å². The topological polar surface area (TPSA) is 38.0 Å². The van der Waals surface area contributed by atoms with Crippen LogP contribution in [0.4, 0.5) is 0 Å². The summed E-state index contributed by atoms with van der Waals surface area (Å²) in [6, 6.07) is 13.6. The average molecular weight is 360 g/mol. The van der Waals surface area contributed by atoms with E-state index in [0.29, 0.717) is 16.5 Å². The molecule has 0 saturated heterocycles. The molecule has 0 spiro atoms. The molecule has 0 fully saturated rings. The fourth-order valence-corrected chi connectivity index (χ4v) is 2.74. The minimum absolute atomic E-state index is 0.0199. The van der Waals surface area contributed by atoms with Gasteiger partial charge < -0.3 is 0 Å². The van der Waals surface area contributed by atoms with E-state index in [-0.39, 0.29) is 6.04 Å². The summed E-state index contributed by atoms with van der Waals surface area (Å²) < 4.78 is 1.02. The summed E-state index contributed by atoms with van der Waals surface area (Å²) in [5.41, 5.74) is 4.88. The Hall–Kier alpha value is -0.580. The van der Waals surface area contributed by atoms with E-state index in [1.807, 2.05) is 36.4 Å².